The van der Waals surface area contributed by atoms with Crippen LogP contribution in [-0.4, -0.2) is 36.8 Å². The van der Waals surface area contributed by atoms with Gasteiger partial charge in [0.05, 0.1) is 30.5 Å². The van der Waals surface area contributed by atoms with Crippen LogP contribution < -0.4 is 10.6 Å². The summed E-state index contributed by atoms with van der Waals surface area (Å²) in [5.74, 6) is 0.555. The van der Waals surface area contributed by atoms with E-state index in [-0.39, 0.29) is 5.28 Å². The lowest BCUT2D eigenvalue weighted by Crippen LogP contribution is -2.30. The minimum Gasteiger partial charge on any atom is -0.394 e. The predicted octanol–water partition coefficient (Wildman–Crippen LogP) is 1.39. The normalized spacial score (nSPS) is 10.1. The van der Waals surface area contributed by atoms with Gasteiger partial charge in [-0.2, -0.15) is 10.2 Å². The molecule has 1 aromatic rings. The Kier molecular flexibility index (Phi) is 5.62. The molecule has 0 unspecified atom stereocenters. The van der Waals surface area contributed by atoms with Gasteiger partial charge in [-0.15, -0.1) is 0 Å². The number of anilines is 2. The summed E-state index contributed by atoms with van der Waals surface area (Å²) < 4.78 is 5.03. The van der Waals surface area contributed by atoms with E-state index in [0.717, 1.165) is 0 Å². The molecule has 98 valence electrons. The maximum absolute atomic E-state index is 8.67. The standard InChI is InChI=1S/C11H16ClN5O/c1-8-9(14)10(16-11(12)15-8)17(5-3-4-13)6-7-18-2/h3,5-7,14H2,1-2H3. The Bertz CT molecular complexity index is 446. The molecule has 1 heterocycles. The SMILES string of the molecule is COCCN(CCC#N)c1nc(Cl)nc(C)c1N. The van der Waals surface area contributed by atoms with E-state index in [1.807, 2.05) is 4.90 Å². The molecule has 0 aromatic carbocycles. The first kappa shape index (κ1) is 14.5. The summed E-state index contributed by atoms with van der Waals surface area (Å²) >= 11 is 5.83. The molecule has 6 nitrogen and oxygen atoms in total. The van der Waals surface area contributed by atoms with Crippen molar-refractivity contribution in [3.05, 3.63) is 11.0 Å². The first-order valence-electron chi connectivity index (χ1n) is 5.50. The molecule has 0 fully saturated rings. The number of hydrogen-bond acceptors (Lipinski definition) is 6. The van der Waals surface area contributed by atoms with Gasteiger partial charge in [-0.3, -0.25) is 0 Å². The van der Waals surface area contributed by atoms with Crippen LogP contribution in [0, 0.1) is 18.3 Å². The molecule has 2 N–H and O–H groups in total. The Balaban J connectivity index is 3.00. The van der Waals surface area contributed by atoms with Gasteiger partial charge in [-0.05, 0) is 18.5 Å². The zero-order valence-electron chi connectivity index (χ0n) is 10.5. The molecule has 0 saturated carbocycles. The number of halogens is 1. The fourth-order valence-corrected chi connectivity index (χ4v) is 1.69. The van der Waals surface area contributed by atoms with E-state index >= 15 is 0 Å². The number of ether oxygens (including phenoxy) is 1. The average molecular weight is 270 g/mol. The number of rotatable bonds is 6. The highest BCUT2D eigenvalue weighted by Gasteiger charge is 2.15. The number of hydrogen-bond donors (Lipinski definition) is 1. The average Bonchev–Trinajstić information content (AvgIpc) is 2.34. The van der Waals surface area contributed by atoms with E-state index in [1.54, 1.807) is 14.0 Å². The molecule has 0 saturated heterocycles. The van der Waals surface area contributed by atoms with Crippen molar-refractivity contribution in [3.8, 4) is 6.07 Å². The van der Waals surface area contributed by atoms with E-state index in [1.165, 1.54) is 0 Å². The van der Waals surface area contributed by atoms with Gasteiger partial charge < -0.3 is 15.4 Å². The molecular formula is C11H16ClN5O. The van der Waals surface area contributed by atoms with Crippen LogP contribution in [0.3, 0.4) is 0 Å². The van der Waals surface area contributed by atoms with Crippen LogP contribution in [0.4, 0.5) is 11.5 Å². The second-order valence-electron chi connectivity index (χ2n) is 3.70. The molecule has 0 aliphatic heterocycles. The molecular weight excluding hydrogens is 254 g/mol. The zero-order chi connectivity index (χ0) is 13.5. The highest BCUT2D eigenvalue weighted by molar-refractivity contribution is 6.28. The van der Waals surface area contributed by atoms with Crippen molar-refractivity contribution in [2.45, 2.75) is 13.3 Å². The molecule has 0 spiro atoms. The largest absolute Gasteiger partial charge is 0.394 e. The molecule has 7 heteroatoms. The summed E-state index contributed by atoms with van der Waals surface area (Å²) in [6, 6.07) is 2.09. The number of nitrogen functional groups attached to an aromatic ring is 1. The maximum atomic E-state index is 8.67. The van der Waals surface area contributed by atoms with Crippen LogP contribution >= 0.6 is 11.6 Å². The topological polar surface area (TPSA) is 88.1 Å². The fraction of sp³-hybridized carbons (Fsp3) is 0.545. The Morgan fingerprint density at radius 2 is 2.17 bits per heavy atom. The number of methoxy groups -OCH3 is 1. The van der Waals surface area contributed by atoms with E-state index < -0.39 is 0 Å². The molecule has 1 rings (SSSR count). The van der Waals surface area contributed by atoms with Crippen molar-refractivity contribution in [3.63, 3.8) is 0 Å². The lowest BCUT2D eigenvalue weighted by molar-refractivity contribution is 0.205. The summed E-state index contributed by atoms with van der Waals surface area (Å²) in [4.78, 5) is 9.99. The molecule has 1 aromatic heterocycles. The van der Waals surface area contributed by atoms with E-state index in [0.29, 0.717) is 43.3 Å². The van der Waals surface area contributed by atoms with Crippen molar-refractivity contribution < 1.29 is 4.74 Å². The monoisotopic (exact) mass is 269 g/mol. The van der Waals surface area contributed by atoms with Crippen LogP contribution in [0.25, 0.3) is 0 Å². The highest BCUT2D eigenvalue weighted by atomic mass is 35.5. The molecule has 0 aliphatic rings. The Morgan fingerprint density at radius 3 is 2.78 bits per heavy atom. The second kappa shape index (κ2) is 6.99. The van der Waals surface area contributed by atoms with Gasteiger partial charge in [0.1, 0.15) is 0 Å². The van der Waals surface area contributed by atoms with Gasteiger partial charge in [-0.1, -0.05) is 0 Å². The van der Waals surface area contributed by atoms with Crippen molar-refractivity contribution in [1.29, 1.82) is 5.26 Å². The minimum absolute atomic E-state index is 0.149. The Hall–Kier alpha value is -1.58. The lowest BCUT2D eigenvalue weighted by atomic mass is 10.3. The van der Waals surface area contributed by atoms with Crippen molar-refractivity contribution >= 4 is 23.1 Å². The Labute approximate surface area is 111 Å². The first-order valence-corrected chi connectivity index (χ1v) is 5.88. The quantitative estimate of drug-likeness (QED) is 0.785. The number of nitrogens with two attached hydrogens (primary N) is 1. The van der Waals surface area contributed by atoms with E-state index in [9.17, 15) is 0 Å². The van der Waals surface area contributed by atoms with Gasteiger partial charge in [0.2, 0.25) is 5.28 Å². The van der Waals surface area contributed by atoms with Crippen LogP contribution in [0.5, 0.6) is 0 Å². The van der Waals surface area contributed by atoms with Gasteiger partial charge >= 0.3 is 0 Å². The fourth-order valence-electron chi connectivity index (χ4n) is 1.48. The number of nitrogens with zero attached hydrogens (tertiary/aromatic N) is 4. The van der Waals surface area contributed by atoms with Gasteiger partial charge in [-0.25, -0.2) is 4.98 Å². The van der Waals surface area contributed by atoms with Crippen molar-refractivity contribution in [2.24, 2.45) is 0 Å². The number of aryl methyl sites for hydroxylation is 1. The molecule has 0 radical (unpaired) electrons. The van der Waals surface area contributed by atoms with Crippen molar-refractivity contribution in [1.82, 2.24) is 9.97 Å². The summed E-state index contributed by atoms with van der Waals surface area (Å²) in [5, 5.41) is 8.82. The zero-order valence-corrected chi connectivity index (χ0v) is 11.2. The van der Waals surface area contributed by atoms with Gasteiger partial charge in [0.25, 0.3) is 0 Å². The second-order valence-corrected chi connectivity index (χ2v) is 4.04. The van der Waals surface area contributed by atoms with Crippen LogP contribution in [0.15, 0.2) is 0 Å². The first-order chi connectivity index (χ1) is 8.60. The van der Waals surface area contributed by atoms with E-state index in [2.05, 4.69) is 16.0 Å². The summed E-state index contributed by atoms with van der Waals surface area (Å²) in [7, 11) is 1.62. The maximum Gasteiger partial charge on any atom is 0.224 e. The Morgan fingerprint density at radius 1 is 1.44 bits per heavy atom. The van der Waals surface area contributed by atoms with Gasteiger partial charge in [0.15, 0.2) is 5.82 Å². The third kappa shape index (κ3) is 3.72. The highest BCUT2D eigenvalue weighted by Crippen LogP contribution is 2.24. The number of aromatic nitrogens is 2. The molecule has 0 atom stereocenters. The smallest absolute Gasteiger partial charge is 0.224 e. The van der Waals surface area contributed by atoms with Crippen LogP contribution in [-0.2, 0) is 4.74 Å². The molecule has 18 heavy (non-hydrogen) atoms. The van der Waals surface area contributed by atoms with Crippen molar-refractivity contribution in [2.75, 3.05) is 37.4 Å². The predicted molar refractivity (Wildman–Crippen MR) is 70.5 cm³/mol. The molecule has 0 aliphatic carbocycles. The molecule has 0 bridgehead atoms. The van der Waals surface area contributed by atoms with Crippen LogP contribution in [0.1, 0.15) is 12.1 Å². The number of nitriles is 1. The van der Waals surface area contributed by atoms with Gasteiger partial charge in [0, 0.05) is 20.2 Å². The summed E-state index contributed by atoms with van der Waals surface area (Å²) in [5.41, 5.74) is 7.06. The van der Waals surface area contributed by atoms with E-state index in [4.69, 9.17) is 27.3 Å². The summed E-state index contributed by atoms with van der Waals surface area (Å²) in [6.07, 6.45) is 0.379. The van der Waals surface area contributed by atoms with Crippen LogP contribution in [0.2, 0.25) is 5.28 Å². The minimum atomic E-state index is 0.149. The third-order valence-electron chi connectivity index (χ3n) is 2.45. The lowest BCUT2D eigenvalue weighted by Gasteiger charge is -2.24. The third-order valence-corrected chi connectivity index (χ3v) is 2.62. The summed E-state index contributed by atoms with van der Waals surface area (Å²) in [6.45, 7) is 3.41. The molecule has 0 amide bonds.